The van der Waals surface area contributed by atoms with Crippen molar-refractivity contribution in [2.75, 3.05) is 23.7 Å². The molecule has 1 unspecified atom stereocenters. The van der Waals surface area contributed by atoms with Gasteiger partial charge in [-0.25, -0.2) is 0 Å². The van der Waals surface area contributed by atoms with E-state index in [-0.39, 0.29) is 16.9 Å². The van der Waals surface area contributed by atoms with Crippen LogP contribution in [-0.4, -0.2) is 24.8 Å². The van der Waals surface area contributed by atoms with E-state index in [0.717, 1.165) is 24.5 Å². The quantitative estimate of drug-likeness (QED) is 0.839. The molecular formula is C15H23N3O2S. The second-order valence-electron chi connectivity index (χ2n) is 6.74. The van der Waals surface area contributed by atoms with E-state index in [1.807, 2.05) is 0 Å². The van der Waals surface area contributed by atoms with Gasteiger partial charge in [-0.3, -0.25) is 9.59 Å². The Balaban J connectivity index is 2.39. The summed E-state index contributed by atoms with van der Waals surface area (Å²) in [5.41, 5.74) is 12.2. The highest BCUT2D eigenvalue weighted by atomic mass is 32.1. The Morgan fingerprint density at radius 1 is 1.33 bits per heavy atom. The fraction of sp³-hybridized carbons (Fsp3) is 0.600. The van der Waals surface area contributed by atoms with Gasteiger partial charge in [0.05, 0.1) is 16.1 Å². The molecule has 1 atom stereocenters. The minimum atomic E-state index is -0.564. The number of ketones is 1. The number of hydrogen-bond donors (Lipinski definition) is 2. The number of anilines is 2. The van der Waals surface area contributed by atoms with Crippen LogP contribution in [0.25, 0.3) is 0 Å². The second-order valence-corrected chi connectivity index (χ2v) is 7.74. The Labute approximate surface area is 129 Å². The van der Waals surface area contributed by atoms with Crippen LogP contribution in [0.1, 0.15) is 54.1 Å². The van der Waals surface area contributed by atoms with Crippen molar-refractivity contribution in [3.63, 3.8) is 0 Å². The van der Waals surface area contributed by atoms with Gasteiger partial charge in [0, 0.05) is 20.0 Å². The molecule has 0 aromatic carbocycles. The van der Waals surface area contributed by atoms with Gasteiger partial charge in [0.2, 0.25) is 0 Å². The van der Waals surface area contributed by atoms with Crippen LogP contribution in [0.3, 0.4) is 0 Å². The summed E-state index contributed by atoms with van der Waals surface area (Å²) in [5.74, 6) is -0.148. The lowest BCUT2D eigenvalue weighted by molar-refractivity contribution is 0.100. The van der Waals surface area contributed by atoms with Crippen LogP contribution in [-0.2, 0) is 0 Å². The fourth-order valence-electron chi connectivity index (χ4n) is 2.81. The molecule has 0 spiro atoms. The van der Waals surface area contributed by atoms with Gasteiger partial charge in [-0.2, -0.15) is 0 Å². The first-order chi connectivity index (χ1) is 9.62. The molecule has 1 amide bonds. The molecule has 0 bridgehead atoms. The summed E-state index contributed by atoms with van der Waals surface area (Å²) in [5, 5.41) is 0.747. The third kappa shape index (κ3) is 2.90. The van der Waals surface area contributed by atoms with Crippen molar-refractivity contribution in [1.82, 2.24) is 0 Å². The zero-order chi connectivity index (χ0) is 15.9. The van der Waals surface area contributed by atoms with Crippen LogP contribution in [0.5, 0.6) is 0 Å². The number of Topliss-reactive ketones (excluding diaryl/α,β-unsaturated/α-hetero) is 1. The Hall–Kier alpha value is -1.56. The highest BCUT2D eigenvalue weighted by Gasteiger charge is 2.35. The van der Waals surface area contributed by atoms with E-state index in [9.17, 15) is 9.59 Å². The zero-order valence-corrected chi connectivity index (χ0v) is 13.8. The zero-order valence-electron chi connectivity index (χ0n) is 13.0. The topological polar surface area (TPSA) is 89.4 Å². The van der Waals surface area contributed by atoms with Crippen LogP contribution in [0.15, 0.2) is 0 Å². The monoisotopic (exact) mass is 309 g/mol. The van der Waals surface area contributed by atoms with Gasteiger partial charge < -0.3 is 16.4 Å². The number of rotatable bonds is 3. The third-order valence-electron chi connectivity index (χ3n) is 4.19. The van der Waals surface area contributed by atoms with Gasteiger partial charge in [0.1, 0.15) is 5.00 Å². The van der Waals surface area contributed by atoms with Gasteiger partial charge in [0.25, 0.3) is 5.91 Å². The van der Waals surface area contributed by atoms with Crippen molar-refractivity contribution >= 4 is 33.7 Å². The highest BCUT2D eigenvalue weighted by molar-refractivity contribution is 7.19. The number of primary amides is 1. The van der Waals surface area contributed by atoms with E-state index in [0.29, 0.717) is 16.4 Å². The molecule has 1 aromatic heterocycles. The maximum absolute atomic E-state index is 11.7. The molecule has 0 aliphatic carbocycles. The normalized spacial score (nSPS) is 19.0. The lowest BCUT2D eigenvalue weighted by Gasteiger charge is -2.27. The van der Waals surface area contributed by atoms with Crippen LogP contribution in [0.2, 0.25) is 0 Å². The first-order valence-electron chi connectivity index (χ1n) is 7.11. The molecule has 1 fully saturated rings. The van der Waals surface area contributed by atoms with Gasteiger partial charge in [-0.15, -0.1) is 11.3 Å². The fourth-order valence-corrected chi connectivity index (χ4v) is 3.96. The maximum Gasteiger partial charge on any atom is 0.253 e. The number of nitrogens with two attached hydrogens (primary N) is 2. The van der Waals surface area contributed by atoms with Crippen molar-refractivity contribution in [3.8, 4) is 0 Å². The second kappa shape index (κ2) is 5.33. The van der Waals surface area contributed by atoms with Gasteiger partial charge in [-0.1, -0.05) is 20.8 Å². The lowest BCUT2D eigenvalue weighted by Crippen LogP contribution is -2.27. The van der Waals surface area contributed by atoms with Crippen LogP contribution in [0.4, 0.5) is 10.7 Å². The number of nitrogen functional groups attached to an aromatic ring is 1. The number of nitrogens with zero attached hydrogens (tertiary/aromatic N) is 1. The average molecular weight is 309 g/mol. The number of thiophene rings is 1. The minimum Gasteiger partial charge on any atom is -0.397 e. The summed E-state index contributed by atoms with van der Waals surface area (Å²) in [6.07, 6.45) is 1.06. The van der Waals surface area contributed by atoms with Crippen LogP contribution >= 0.6 is 11.3 Å². The van der Waals surface area contributed by atoms with Crippen molar-refractivity contribution in [1.29, 1.82) is 0 Å². The SMILES string of the molecule is CC(=O)c1sc(N2CCC(C(C)(C)C)C2)c(C(N)=O)c1N. The predicted molar refractivity (Wildman–Crippen MR) is 87.0 cm³/mol. The molecular weight excluding hydrogens is 286 g/mol. The number of carbonyl (C=O) groups excluding carboxylic acids is 2. The largest absolute Gasteiger partial charge is 0.397 e. The van der Waals surface area contributed by atoms with E-state index in [1.54, 1.807) is 0 Å². The predicted octanol–water partition coefficient (Wildman–Crippen LogP) is 2.50. The summed E-state index contributed by atoms with van der Waals surface area (Å²) in [6, 6.07) is 0. The van der Waals surface area contributed by atoms with Gasteiger partial charge >= 0.3 is 0 Å². The molecule has 1 aliphatic rings. The van der Waals surface area contributed by atoms with E-state index >= 15 is 0 Å². The Morgan fingerprint density at radius 3 is 2.38 bits per heavy atom. The van der Waals surface area contributed by atoms with Crippen LogP contribution in [0, 0.1) is 11.3 Å². The Morgan fingerprint density at radius 2 is 1.95 bits per heavy atom. The summed E-state index contributed by atoms with van der Waals surface area (Å²) in [6.45, 7) is 9.85. The molecule has 4 N–H and O–H groups in total. The Bertz CT molecular complexity index is 586. The number of carbonyl (C=O) groups is 2. The van der Waals surface area contributed by atoms with E-state index in [2.05, 4.69) is 25.7 Å². The number of hydrogen-bond acceptors (Lipinski definition) is 5. The first kappa shape index (κ1) is 15.8. The molecule has 1 saturated heterocycles. The number of amides is 1. The molecule has 0 radical (unpaired) electrons. The molecule has 2 heterocycles. The van der Waals surface area contributed by atoms with Gasteiger partial charge in [-0.05, 0) is 17.8 Å². The molecule has 21 heavy (non-hydrogen) atoms. The summed E-state index contributed by atoms with van der Waals surface area (Å²) in [4.78, 5) is 25.9. The first-order valence-corrected chi connectivity index (χ1v) is 7.92. The smallest absolute Gasteiger partial charge is 0.253 e. The third-order valence-corrected chi connectivity index (χ3v) is 5.56. The van der Waals surface area contributed by atoms with E-state index in [1.165, 1.54) is 18.3 Å². The maximum atomic E-state index is 11.7. The highest BCUT2D eigenvalue weighted by Crippen LogP contribution is 2.43. The molecule has 0 saturated carbocycles. The van der Waals surface area contributed by atoms with Crippen molar-refractivity contribution in [3.05, 3.63) is 10.4 Å². The standard InChI is InChI=1S/C15H23N3O2S/c1-8(19)12-11(16)10(13(17)20)14(21-12)18-6-5-9(7-18)15(2,3)4/h9H,5-7,16H2,1-4H3,(H2,17,20). The van der Waals surface area contributed by atoms with Gasteiger partial charge in [0.15, 0.2) is 5.78 Å². The lowest BCUT2D eigenvalue weighted by atomic mass is 9.80. The summed E-state index contributed by atoms with van der Waals surface area (Å²) >= 11 is 1.28. The van der Waals surface area contributed by atoms with Crippen molar-refractivity contribution < 1.29 is 9.59 Å². The molecule has 1 aromatic rings. The molecule has 116 valence electrons. The van der Waals surface area contributed by atoms with Crippen molar-refractivity contribution in [2.24, 2.45) is 17.1 Å². The molecule has 6 heteroatoms. The van der Waals surface area contributed by atoms with Crippen molar-refractivity contribution in [2.45, 2.75) is 34.1 Å². The van der Waals surface area contributed by atoms with Crippen LogP contribution < -0.4 is 16.4 Å². The van der Waals surface area contributed by atoms with E-state index < -0.39 is 5.91 Å². The molecule has 5 nitrogen and oxygen atoms in total. The summed E-state index contributed by atoms with van der Waals surface area (Å²) in [7, 11) is 0. The van der Waals surface area contributed by atoms with E-state index in [4.69, 9.17) is 11.5 Å². The molecule has 1 aliphatic heterocycles. The Kier molecular flexibility index (Phi) is 4.02. The average Bonchev–Trinajstić information content (AvgIpc) is 2.91. The summed E-state index contributed by atoms with van der Waals surface area (Å²) < 4.78 is 0. The minimum absolute atomic E-state index is 0.127. The molecule has 2 rings (SSSR count).